The third-order valence-electron chi connectivity index (χ3n) is 3.25. The summed E-state index contributed by atoms with van der Waals surface area (Å²) in [5, 5.41) is 0. The smallest absolute Gasteiger partial charge is 0.280 e. The molecule has 2 rings (SSSR count). The summed E-state index contributed by atoms with van der Waals surface area (Å²) in [7, 11) is 0. The van der Waals surface area contributed by atoms with Crippen molar-refractivity contribution in [2.24, 2.45) is 5.73 Å². The van der Waals surface area contributed by atoms with Crippen LogP contribution in [0.15, 0.2) is 6.07 Å². The number of carbonyl (C=O) groups excluding carboxylic acids is 2. The van der Waals surface area contributed by atoms with Gasteiger partial charge in [0.25, 0.3) is 18.2 Å². The van der Waals surface area contributed by atoms with Crippen LogP contribution in [0.5, 0.6) is 0 Å². The zero-order valence-corrected chi connectivity index (χ0v) is 11.1. The molecule has 9 heteroatoms. The molecule has 21 heavy (non-hydrogen) atoms. The van der Waals surface area contributed by atoms with Gasteiger partial charge in [0.2, 0.25) is 5.67 Å². The summed E-state index contributed by atoms with van der Waals surface area (Å²) in [5.74, 6) is -1.87. The van der Waals surface area contributed by atoms with E-state index in [2.05, 4.69) is 9.97 Å². The van der Waals surface area contributed by atoms with Crippen LogP contribution in [0.2, 0.25) is 0 Å². The number of primary amides is 1. The van der Waals surface area contributed by atoms with Gasteiger partial charge in [-0.15, -0.1) is 0 Å². The summed E-state index contributed by atoms with van der Waals surface area (Å²) in [6.45, 7) is 0.828. The molecule has 2 N–H and O–H groups in total. The van der Waals surface area contributed by atoms with Crippen LogP contribution in [0.3, 0.4) is 0 Å². The zero-order valence-electron chi connectivity index (χ0n) is 11.1. The maximum absolute atomic E-state index is 14.0. The van der Waals surface area contributed by atoms with E-state index in [1.54, 1.807) is 0 Å². The lowest BCUT2D eigenvalue weighted by Gasteiger charge is -2.18. The summed E-state index contributed by atoms with van der Waals surface area (Å²) in [5.41, 5.74) is 1.82. The summed E-state index contributed by atoms with van der Waals surface area (Å²) >= 11 is 0. The minimum atomic E-state index is -2.84. The van der Waals surface area contributed by atoms with E-state index in [0.717, 1.165) is 11.0 Å². The number of alkyl halides is 3. The van der Waals surface area contributed by atoms with Crippen LogP contribution >= 0.6 is 0 Å². The molecule has 0 radical (unpaired) electrons. The van der Waals surface area contributed by atoms with Crippen molar-refractivity contribution in [1.29, 1.82) is 0 Å². The molecule has 1 aliphatic heterocycles. The van der Waals surface area contributed by atoms with Crippen molar-refractivity contribution in [2.75, 3.05) is 13.1 Å². The second kappa shape index (κ2) is 5.30. The molecule has 6 nitrogen and oxygen atoms in total. The molecule has 1 aromatic rings. The fourth-order valence-corrected chi connectivity index (χ4v) is 2.12. The second-order valence-corrected chi connectivity index (χ2v) is 4.83. The molecule has 0 spiro atoms. The topological polar surface area (TPSA) is 89.2 Å². The Balaban J connectivity index is 2.24. The van der Waals surface area contributed by atoms with Crippen LogP contribution in [0.1, 0.15) is 34.9 Å². The average molecular weight is 302 g/mol. The van der Waals surface area contributed by atoms with Gasteiger partial charge >= 0.3 is 0 Å². The van der Waals surface area contributed by atoms with Gasteiger partial charge in [-0.2, -0.15) is 0 Å². The lowest BCUT2D eigenvalue weighted by molar-refractivity contribution is -0.128. The predicted octanol–water partition coefficient (Wildman–Crippen LogP) is 0.762. The molecule has 0 saturated carbocycles. The van der Waals surface area contributed by atoms with Gasteiger partial charge in [0.05, 0.1) is 6.54 Å². The van der Waals surface area contributed by atoms with Crippen molar-refractivity contribution in [3.8, 4) is 0 Å². The van der Waals surface area contributed by atoms with E-state index in [4.69, 9.17) is 5.73 Å². The maximum Gasteiger partial charge on any atom is 0.280 e. The standard InChI is InChI=1S/C12H13F3N4O2/c1-6-17-7(9(13)14)4-8(18-6)10(20)19-3-2-12(15,5-19)11(16)21/h4,9H,2-3,5H2,1H3,(H2,16,21). The summed E-state index contributed by atoms with van der Waals surface area (Å²) in [4.78, 5) is 31.5. The molecule has 1 saturated heterocycles. The summed E-state index contributed by atoms with van der Waals surface area (Å²) in [6.07, 6.45) is -3.07. The highest BCUT2D eigenvalue weighted by molar-refractivity contribution is 5.94. The average Bonchev–Trinajstić information content (AvgIpc) is 2.81. The highest BCUT2D eigenvalue weighted by atomic mass is 19.3. The molecular weight excluding hydrogens is 289 g/mol. The van der Waals surface area contributed by atoms with E-state index >= 15 is 0 Å². The van der Waals surface area contributed by atoms with Gasteiger partial charge in [-0.3, -0.25) is 9.59 Å². The van der Waals surface area contributed by atoms with Crippen LogP contribution in [0.4, 0.5) is 13.2 Å². The van der Waals surface area contributed by atoms with Crippen molar-refractivity contribution in [2.45, 2.75) is 25.4 Å². The van der Waals surface area contributed by atoms with E-state index < -0.39 is 36.1 Å². The molecule has 1 aliphatic rings. The van der Waals surface area contributed by atoms with Gasteiger partial charge in [0, 0.05) is 13.0 Å². The Hall–Kier alpha value is -2.19. The number of nitrogens with two attached hydrogens (primary N) is 1. The summed E-state index contributed by atoms with van der Waals surface area (Å²) in [6, 6.07) is 0.864. The second-order valence-electron chi connectivity index (χ2n) is 4.83. The predicted molar refractivity (Wildman–Crippen MR) is 65.3 cm³/mol. The molecule has 1 fully saturated rings. The Morgan fingerprint density at radius 3 is 2.62 bits per heavy atom. The number of nitrogens with zero attached hydrogens (tertiary/aromatic N) is 3. The zero-order chi connectivity index (χ0) is 15.8. The molecule has 1 atom stereocenters. The molecule has 2 heterocycles. The van der Waals surface area contributed by atoms with E-state index in [1.165, 1.54) is 6.92 Å². The first kappa shape index (κ1) is 15.2. The minimum absolute atomic E-state index is 0.0109. The molecule has 1 aromatic heterocycles. The lowest BCUT2D eigenvalue weighted by Crippen LogP contribution is -2.43. The fraction of sp³-hybridized carbons (Fsp3) is 0.500. The number of aryl methyl sites for hydroxylation is 1. The number of hydrogen-bond donors (Lipinski definition) is 1. The Bertz CT molecular complexity index is 596. The van der Waals surface area contributed by atoms with Crippen molar-refractivity contribution in [3.63, 3.8) is 0 Å². The molecular formula is C12H13F3N4O2. The van der Waals surface area contributed by atoms with Crippen LogP contribution < -0.4 is 5.73 Å². The highest BCUT2D eigenvalue weighted by Gasteiger charge is 2.45. The first-order chi connectivity index (χ1) is 9.73. The first-order valence-corrected chi connectivity index (χ1v) is 6.15. The molecule has 1 unspecified atom stereocenters. The van der Waals surface area contributed by atoms with Crippen LogP contribution in [0, 0.1) is 6.92 Å². The third kappa shape index (κ3) is 2.96. The van der Waals surface area contributed by atoms with Gasteiger partial charge in [0.1, 0.15) is 17.2 Å². The Labute approximate surface area is 118 Å². The van der Waals surface area contributed by atoms with Crippen molar-refractivity contribution < 1.29 is 22.8 Å². The van der Waals surface area contributed by atoms with Crippen LogP contribution in [-0.4, -0.2) is 45.4 Å². The molecule has 0 aromatic carbocycles. The quantitative estimate of drug-likeness (QED) is 0.892. The minimum Gasteiger partial charge on any atom is -0.367 e. The Morgan fingerprint density at radius 1 is 1.43 bits per heavy atom. The molecule has 114 valence electrons. The van der Waals surface area contributed by atoms with Gasteiger partial charge in [-0.05, 0) is 13.0 Å². The van der Waals surface area contributed by atoms with Crippen LogP contribution in [-0.2, 0) is 4.79 Å². The third-order valence-corrected chi connectivity index (χ3v) is 3.25. The number of aromatic nitrogens is 2. The number of likely N-dealkylation sites (tertiary alicyclic amines) is 1. The molecule has 0 aliphatic carbocycles. The SMILES string of the molecule is Cc1nc(C(=O)N2CCC(F)(C(N)=O)C2)cc(C(F)F)n1. The van der Waals surface area contributed by atoms with Crippen molar-refractivity contribution >= 4 is 11.8 Å². The maximum atomic E-state index is 14.0. The van der Waals surface area contributed by atoms with Gasteiger partial charge in [-0.25, -0.2) is 23.1 Å². The number of amides is 2. The number of rotatable bonds is 3. The van der Waals surface area contributed by atoms with Gasteiger partial charge in [-0.1, -0.05) is 0 Å². The number of hydrogen-bond acceptors (Lipinski definition) is 4. The van der Waals surface area contributed by atoms with E-state index in [1.807, 2.05) is 0 Å². The van der Waals surface area contributed by atoms with Crippen molar-refractivity contribution in [1.82, 2.24) is 14.9 Å². The fourth-order valence-electron chi connectivity index (χ4n) is 2.12. The largest absolute Gasteiger partial charge is 0.367 e. The van der Waals surface area contributed by atoms with E-state index in [0.29, 0.717) is 0 Å². The van der Waals surface area contributed by atoms with Gasteiger partial charge < -0.3 is 10.6 Å². The van der Waals surface area contributed by atoms with E-state index in [9.17, 15) is 22.8 Å². The lowest BCUT2D eigenvalue weighted by atomic mass is 10.1. The Kier molecular flexibility index (Phi) is 3.84. The van der Waals surface area contributed by atoms with Crippen molar-refractivity contribution in [3.05, 3.63) is 23.3 Å². The summed E-state index contributed by atoms with van der Waals surface area (Å²) < 4.78 is 39.3. The monoisotopic (exact) mass is 302 g/mol. The molecule has 0 bridgehead atoms. The molecule has 2 amide bonds. The van der Waals surface area contributed by atoms with Crippen LogP contribution in [0.25, 0.3) is 0 Å². The number of carbonyl (C=O) groups is 2. The normalized spacial score (nSPS) is 21.9. The Morgan fingerprint density at radius 2 is 2.10 bits per heavy atom. The van der Waals surface area contributed by atoms with Gasteiger partial charge in [0.15, 0.2) is 0 Å². The highest BCUT2D eigenvalue weighted by Crippen LogP contribution is 2.26. The van der Waals surface area contributed by atoms with E-state index in [-0.39, 0.29) is 24.5 Å². The first-order valence-electron chi connectivity index (χ1n) is 6.15. The number of halogens is 3.